The predicted octanol–water partition coefficient (Wildman–Crippen LogP) is 7.24. The van der Waals surface area contributed by atoms with Gasteiger partial charge >= 0.3 is 5.97 Å². The molecule has 0 radical (unpaired) electrons. The van der Waals surface area contributed by atoms with Crippen LogP contribution in [-0.4, -0.2) is 35.2 Å². The predicted molar refractivity (Wildman–Crippen MR) is 157 cm³/mol. The lowest BCUT2D eigenvalue weighted by atomic mass is 9.78. The number of fused-ring (bicyclic) bond motifs is 2. The highest BCUT2D eigenvalue weighted by Gasteiger charge is 2.53. The number of benzene rings is 2. The summed E-state index contributed by atoms with van der Waals surface area (Å²) in [5, 5.41) is 1.07. The average Bonchev–Trinajstić information content (AvgIpc) is 3.41. The third-order valence-corrected chi connectivity index (χ3v) is 7.88. The summed E-state index contributed by atoms with van der Waals surface area (Å²) < 4.78 is 15.4. The molecule has 6 heteroatoms. The summed E-state index contributed by atoms with van der Waals surface area (Å²) in [6.07, 6.45) is 4.62. The molecule has 1 unspecified atom stereocenters. The number of aryl methyl sites for hydroxylation is 1. The van der Waals surface area contributed by atoms with Gasteiger partial charge in [0.1, 0.15) is 5.75 Å². The Morgan fingerprint density at radius 2 is 1.77 bits per heavy atom. The maximum Gasteiger partial charge on any atom is 0.358 e. The maximum absolute atomic E-state index is 13.5. The summed E-state index contributed by atoms with van der Waals surface area (Å²) in [5.41, 5.74) is 5.03. The number of nitrogens with zero attached hydrogens (tertiary/aromatic N) is 3. The quantitative estimate of drug-likeness (QED) is 0.153. The molecule has 0 aliphatic carbocycles. The fraction of sp³-hybridized carbons (Fsp3) is 0.394. The van der Waals surface area contributed by atoms with E-state index < -0.39 is 11.6 Å². The molecule has 2 aromatic heterocycles. The Kier molecular flexibility index (Phi) is 7.65. The molecule has 0 amide bonds. The number of hydrogen-bond donors (Lipinski definition) is 0. The molecule has 39 heavy (non-hydrogen) atoms. The van der Waals surface area contributed by atoms with Crippen LogP contribution in [0, 0.1) is 6.92 Å². The Bertz CT molecular complexity index is 1490. The molecule has 6 nitrogen and oxygen atoms in total. The third-order valence-electron chi connectivity index (χ3n) is 7.88. The van der Waals surface area contributed by atoms with E-state index in [1.807, 2.05) is 12.1 Å². The van der Waals surface area contributed by atoms with E-state index >= 15 is 0 Å². The van der Waals surface area contributed by atoms with Gasteiger partial charge in [-0.2, -0.15) is 0 Å². The van der Waals surface area contributed by atoms with E-state index in [9.17, 15) is 4.79 Å². The van der Waals surface area contributed by atoms with Gasteiger partial charge in [0.05, 0.1) is 6.61 Å². The van der Waals surface area contributed by atoms with Crippen molar-refractivity contribution in [3.8, 4) is 5.75 Å². The van der Waals surface area contributed by atoms with E-state index in [1.165, 1.54) is 0 Å². The zero-order valence-corrected chi connectivity index (χ0v) is 23.8. The summed E-state index contributed by atoms with van der Waals surface area (Å²) in [6.45, 7) is 14.0. The molecule has 0 fully saturated rings. The number of unbranched alkanes of at least 4 members (excludes halogenated alkanes) is 1. The van der Waals surface area contributed by atoms with Crippen LogP contribution in [0.1, 0.15) is 79.8 Å². The molecule has 1 aliphatic rings. The van der Waals surface area contributed by atoms with Crippen LogP contribution >= 0.6 is 0 Å². The summed E-state index contributed by atoms with van der Waals surface area (Å²) in [4.78, 5) is 20.3. The van der Waals surface area contributed by atoms with Gasteiger partial charge in [-0.15, -0.1) is 0 Å². The molecule has 0 saturated heterocycles. The van der Waals surface area contributed by atoms with Crippen LogP contribution in [0.5, 0.6) is 5.75 Å². The molecule has 0 N–H and O–H groups in total. The van der Waals surface area contributed by atoms with Crippen LogP contribution in [0.15, 0.2) is 60.8 Å². The second-order valence-electron chi connectivity index (χ2n) is 10.2. The highest BCUT2D eigenvalue weighted by Crippen LogP contribution is 2.53. The number of para-hydroxylation sites is 1. The Morgan fingerprint density at radius 1 is 0.974 bits per heavy atom. The Hall–Kier alpha value is -3.80. The van der Waals surface area contributed by atoms with Crippen LogP contribution in [0.25, 0.3) is 10.9 Å². The molecule has 0 spiro atoms. The number of aromatic nitrogens is 2. The van der Waals surface area contributed by atoms with Crippen molar-refractivity contribution in [2.24, 2.45) is 0 Å². The van der Waals surface area contributed by atoms with Crippen LogP contribution in [0.3, 0.4) is 0 Å². The fourth-order valence-electron chi connectivity index (χ4n) is 6.04. The molecule has 0 bridgehead atoms. The van der Waals surface area contributed by atoms with Crippen LogP contribution in [-0.2, 0) is 16.9 Å². The molecule has 0 saturated carbocycles. The highest BCUT2D eigenvalue weighted by atomic mass is 16.6. The van der Waals surface area contributed by atoms with Gasteiger partial charge in [-0.25, -0.2) is 9.78 Å². The number of pyridine rings is 1. The van der Waals surface area contributed by atoms with Crippen molar-refractivity contribution in [1.82, 2.24) is 9.55 Å². The maximum atomic E-state index is 13.5. The molecule has 204 valence electrons. The second kappa shape index (κ2) is 11.1. The van der Waals surface area contributed by atoms with E-state index in [-0.39, 0.29) is 0 Å². The molecule has 4 aromatic rings. The van der Waals surface area contributed by atoms with Gasteiger partial charge < -0.3 is 18.9 Å². The zero-order chi connectivity index (χ0) is 27.6. The van der Waals surface area contributed by atoms with Gasteiger partial charge in [-0.3, -0.25) is 0 Å². The second-order valence-corrected chi connectivity index (χ2v) is 10.2. The van der Waals surface area contributed by atoms with Crippen molar-refractivity contribution in [2.45, 2.75) is 66.0 Å². The van der Waals surface area contributed by atoms with E-state index in [4.69, 9.17) is 9.47 Å². The molecular weight excluding hydrogens is 486 g/mol. The van der Waals surface area contributed by atoms with Gasteiger partial charge in [0, 0.05) is 70.9 Å². The van der Waals surface area contributed by atoms with Crippen molar-refractivity contribution in [3.05, 3.63) is 88.9 Å². The van der Waals surface area contributed by atoms with Crippen molar-refractivity contribution >= 4 is 22.6 Å². The SMILES string of the molecule is CCCCOc1cc(N(CC)CC)ccc1C1(c2c(C)n(CCC)c3ccccc23)OC(=O)c2ncccc21. The zero-order valence-electron chi connectivity index (χ0n) is 23.8. The number of carbonyl (C=O) groups is 1. The minimum absolute atomic E-state index is 0.358. The summed E-state index contributed by atoms with van der Waals surface area (Å²) in [7, 11) is 0. The van der Waals surface area contributed by atoms with Gasteiger partial charge in [0.2, 0.25) is 0 Å². The van der Waals surface area contributed by atoms with E-state index in [0.29, 0.717) is 12.3 Å². The number of cyclic esters (lactones) is 1. The van der Waals surface area contributed by atoms with Crippen molar-refractivity contribution < 1.29 is 14.3 Å². The topological polar surface area (TPSA) is 56.6 Å². The van der Waals surface area contributed by atoms with Gasteiger partial charge in [0.25, 0.3) is 0 Å². The summed E-state index contributed by atoms with van der Waals surface area (Å²) in [5.74, 6) is 0.328. The number of hydrogen-bond acceptors (Lipinski definition) is 5. The third kappa shape index (κ3) is 4.36. The summed E-state index contributed by atoms with van der Waals surface area (Å²) in [6, 6.07) is 18.6. The molecular formula is C33H39N3O3. The van der Waals surface area contributed by atoms with Crippen LogP contribution in [0.2, 0.25) is 0 Å². The molecule has 3 heterocycles. The summed E-state index contributed by atoms with van der Waals surface area (Å²) >= 11 is 0. The largest absolute Gasteiger partial charge is 0.493 e. The molecule has 1 atom stereocenters. The first-order valence-corrected chi connectivity index (χ1v) is 14.3. The van der Waals surface area contributed by atoms with Crippen LogP contribution < -0.4 is 9.64 Å². The molecule has 1 aliphatic heterocycles. The van der Waals surface area contributed by atoms with E-state index in [2.05, 4.69) is 91.5 Å². The number of anilines is 1. The molecule has 5 rings (SSSR count). The fourth-order valence-corrected chi connectivity index (χ4v) is 6.04. The lowest BCUT2D eigenvalue weighted by Crippen LogP contribution is -2.31. The van der Waals surface area contributed by atoms with Gasteiger partial charge in [0.15, 0.2) is 11.3 Å². The number of carbonyl (C=O) groups excluding carboxylic acids is 1. The minimum atomic E-state index is -1.19. The first kappa shape index (κ1) is 26.8. The lowest BCUT2D eigenvalue weighted by molar-refractivity contribution is 0.0243. The van der Waals surface area contributed by atoms with Crippen molar-refractivity contribution in [2.75, 3.05) is 24.6 Å². The van der Waals surface area contributed by atoms with E-state index in [1.54, 1.807) is 6.20 Å². The minimum Gasteiger partial charge on any atom is -0.493 e. The monoisotopic (exact) mass is 525 g/mol. The number of rotatable bonds is 11. The van der Waals surface area contributed by atoms with Crippen molar-refractivity contribution in [3.63, 3.8) is 0 Å². The first-order chi connectivity index (χ1) is 19.0. The van der Waals surface area contributed by atoms with Crippen molar-refractivity contribution in [1.29, 1.82) is 0 Å². The number of ether oxygens (including phenoxy) is 2. The smallest absolute Gasteiger partial charge is 0.358 e. The molecule has 2 aromatic carbocycles. The average molecular weight is 526 g/mol. The normalized spacial score (nSPS) is 16.4. The lowest BCUT2D eigenvalue weighted by Gasteiger charge is -2.33. The van der Waals surface area contributed by atoms with Gasteiger partial charge in [-0.05, 0) is 57.9 Å². The first-order valence-electron chi connectivity index (χ1n) is 14.3. The number of esters is 1. The van der Waals surface area contributed by atoms with Gasteiger partial charge in [-0.1, -0.05) is 44.5 Å². The standard InChI is InChI=1S/C33H39N3O3/c1-6-10-21-38-29-22-24(35(8-3)9-4)17-18-26(29)33(27-15-13-19-34-31(27)32(37)39-33)30-23(5)36(20-7-2)28-16-12-11-14-25(28)30/h11-19,22H,6-10,20-21H2,1-5H3. The van der Waals surface area contributed by atoms with E-state index in [0.717, 1.165) is 83.6 Å². The Balaban J connectivity index is 1.86. The van der Waals surface area contributed by atoms with Crippen LogP contribution in [0.4, 0.5) is 5.69 Å². The highest BCUT2D eigenvalue weighted by molar-refractivity contribution is 5.97. The Labute approximate surface area is 231 Å². The Morgan fingerprint density at radius 3 is 2.51 bits per heavy atom.